The Balaban J connectivity index is 0.00000161. The van der Waals surface area contributed by atoms with Crippen molar-refractivity contribution in [3.8, 4) is 5.75 Å². The quantitative estimate of drug-likeness (QED) is 0.799. The van der Waals surface area contributed by atoms with Crippen molar-refractivity contribution in [2.75, 3.05) is 13.7 Å². The van der Waals surface area contributed by atoms with Crippen LogP contribution in [0.5, 0.6) is 5.75 Å². The lowest BCUT2D eigenvalue weighted by Gasteiger charge is -2.35. The van der Waals surface area contributed by atoms with E-state index in [2.05, 4.69) is 36.2 Å². The van der Waals surface area contributed by atoms with Gasteiger partial charge >= 0.3 is 0 Å². The van der Waals surface area contributed by atoms with Crippen LogP contribution in [0.15, 0.2) is 30.9 Å². The molecule has 0 bridgehead atoms. The maximum Gasteiger partial charge on any atom is 0.122 e. The van der Waals surface area contributed by atoms with Crippen molar-refractivity contribution < 1.29 is 4.74 Å². The van der Waals surface area contributed by atoms with Gasteiger partial charge in [-0.25, -0.2) is 0 Å². The first-order valence-corrected chi connectivity index (χ1v) is 7.83. The van der Waals surface area contributed by atoms with E-state index in [9.17, 15) is 0 Å². The predicted molar refractivity (Wildman–Crippen MR) is 90.6 cm³/mol. The first kappa shape index (κ1) is 16.4. The number of hydrogen-bond donors (Lipinski definition) is 1. The summed E-state index contributed by atoms with van der Waals surface area (Å²) in [5.74, 6) is 2.48. The highest BCUT2D eigenvalue weighted by Gasteiger charge is 2.32. The molecule has 1 N–H and O–H groups in total. The molecule has 0 radical (unpaired) electrons. The molecule has 116 valence electrons. The Bertz CT molecular complexity index is 470. The SMILES string of the molecule is C=CC[C@H]1c2c(cccc2OC)CC[C@H]1NCC1CC1.Cl. The smallest absolute Gasteiger partial charge is 0.122 e. The Morgan fingerprint density at radius 1 is 1.33 bits per heavy atom. The minimum Gasteiger partial charge on any atom is -0.496 e. The Morgan fingerprint density at radius 2 is 2.14 bits per heavy atom. The van der Waals surface area contributed by atoms with Crippen LogP contribution in [0.2, 0.25) is 0 Å². The van der Waals surface area contributed by atoms with Gasteiger partial charge in [0.05, 0.1) is 7.11 Å². The van der Waals surface area contributed by atoms with E-state index in [1.54, 1.807) is 7.11 Å². The molecule has 21 heavy (non-hydrogen) atoms. The van der Waals surface area contributed by atoms with Crippen molar-refractivity contribution in [1.29, 1.82) is 0 Å². The molecule has 0 spiro atoms. The number of rotatable bonds is 6. The number of hydrogen-bond acceptors (Lipinski definition) is 2. The monoisotopic (exact) mass is 307 g/mol. The normalized spacial score (nSPS) is 23.9. The van der Waals surface area contributed by atoms with E-state index in [0.717, 1.165) is 24.5 Å². The van der Waals surface area contributed by atoms with Crippen molar-refractivity contribution in [2.45, 2.75) is 44.1 Å². The zero-order valence-corrected chi connectivity index (χ0v) is 13.6. The molecule has 3 rings (SSSR count). The summed E-state index contributed by atoms with van der Waals surface area (Å²) < 4.78 is 5.61. The first-order chi connectivity index (χ1) is 9.83. The molecular weight excluding hydrogens is 282 g/mol. The van der Waals surface area contributed by atoms with E-state index in [1.165, 1.54) is 36.9 Å². The van der Waals surface area contributed by atoms with Crippen molar-refractivity contribution >= 4 is 12.4 Å². The van der Waals surface area contributed by atoms with Crippen LogP contribution in [0.25, 0.3) is 0 Å². The molecule has 0 saturated heterocycles. The van der Waals surface area contributed by atoms with E-state index >= 15 is 0 Å². The number of halogens is 1. The molecule has 1 saturated carbocycles. The van der Waals surface area contributed by atoms with E-state index < -0.39 is 0 Å². The molecule has 1 fully saturated rings. The summed E-state index contributed by atoms with van der Waals surface area (Å²) >= 11 is 0. The molecule has 1 aromatic rings. The van der Waals surface area contributed by atoms with Crippen molar-refractivity contribution in [1.82, 2.24) is 5.32 Å². The van der Waals surface area contributed by atoms with Gasteiger partial charge < -0.3 is 10.1 Å². The Labute approximate surface area is 134 Å². The molecule has 3 heteroatoms. The fourth-order valence-corrected chi connectivity index (χ4v) is 3.47. The molecule has 0 amide bonds. The van der Waals surface area contributed by atoms with Gasteiger partial charge in [-0.15, -0.1) is 19.0 Å². The van der Waals surface area contributed by atoms with Crippen LogP contribution in [-0.4, -0.2) is 19.7 Å². The lowest BCUT2D eigenvalue weighted by molar-refractivity contribution is 0.356. The van der Waals surface area contributed by atoms with Gasteiger partial charge in [0, 0.05) is 17.5 Å². The molecule has 0 aromatic heterocycles. The van der Waals surface area contributed by atoms with Gasteiger partial charge in [0.1, 0.15) is 5.75 Å². The standard InChI is InChI=1S/C18H25NO.ClH/c1-3-5-15-16(19-12-13-8-9-13)11-10-14-6-4-7-17(20-2)18(14)15;/h3-4,6-7,13,15-16,19H,1,5,8-12H2,2H3;1H/t15-,16-;/m1./s1. The Hall–Kier alpha value is -0.990. The van der Waals surface area contributed by atoms with Crippen LogP contribution in [0, 0.1) is 5.92 Å². The van der Waals surface area contributed by atoms with Gasteiger partial charge in [0.25, 0.3) is 0 Å². The molecule has 0 unspecified atom stereocenters. The molecule has 2 aliphatic carbocycles. The van der Waals surface area contributed by atoms with Crippen LogP contribution < -0.4 is 10.1 Å². The molecule has 2 atom stereocenters. The number of nitrogens with one attached hydrogen (secondary N) is 1. The predicted octanol–water partition coefficient (Wildman–Crippen LogP) is 4.09. The minimum absolute atomic E-state index is 0. The van der Waals surface area contributed by atoms with Crippen molar-refractivity contribution in [2.24, 2.45) is 5.92 Å². The zero-order valence-electron chi connectivity index (χ0n) is 12.8. The van der Waals surface area contributed by atoms with Gasteiger partial charge in [0.15, 0.2) is 0 Å². The fraction of sp³-hybridized carbons (Fsp3) is 0.556. The highest BCUT2D eigenvalue weighted by molar-refractivity contribution is 5.85. The van der Waals surface area contributed by atoms with Gasteiger partial charge in [0.2, 0.25) is 0 Å². The third kappa shape index (κ3) is 3.61. The number of benzene rings is 1. The maximum atomic E-state index is 5.61. The summed E-state index contributed by atoms with van der Waals surface area (Å²) in [5.41, 5.74) is 2.87. The molecule has 1 aromatic carbocycles. The lowest BCUT2D eigenvalue weighted by Crippen LogP contribution is -2.39. The summed E-state index contributed by atoms with van der Waals surface area (Å²) in [4.78, 5) is 0. The van der Waals surface area contributed by atoms with E-state index in [1.807, 2.05) is 0 Å². The summed E-state index contributed by atoms with van der Waals surface area (Å²) in [6, 6.07) is 7.03. The zero-order chi connectivity index (χ0) is 13.9. The minimum atomic E-state index is 0. The highest BCUT2D eigenvalue weighted by atomic mass is 35.5. The van der Waals surface area contributed by atoms with E-state index in [-0.39, 0.29) is 12.4 Å². The summed E-state index contributed by atoms with van der Waals surface area (Å²) in [6.45, 7) is 5.14. The van der Waals surface area contributed by atoms with Crippen LogP contribution in [-0.2, 0) is 6.42 Å². The Kier molecular flexibility index (Phi) is 5.72. The number of fused-ring (bicyclic) bond motifs is 1. The summed E-state index contributed by atoms with van der Waals surface area (Å²) in [5, 5.41) is 3.81. The molecule has 2 nitrogen and oxygen atoms in total. The van der Waals surface area contributed by atoms with Crippen LogP contribution in [0.4, 0.5) is 0 Å². The lowest BCUT2D eigenvalue weighted by atomic mass is 9.77. The number of allylic oxidation sites excluding steroid dienone is 1. The second-order valence-corrected chi connectivity index (χ2v) is 6.16. The van der Waals surface area contributed by atoms with Gasteiger partial charge in [-0.3, -0.25) is 0 Å². The average Bonchev–Trinajstić information content (AvgIpc) is 3.30. The molecule has 0 heterocycles. The third-order valence-electron chi connectivity index (χ3n) is 4.74. The molecule has 0 aliphatic heterocycles. The van der Waals surface area contributed by atoms with Gasteiger partial charge in [-0.05, 0) is 56.2 Å². The number of ether oxygens (including phenoxy) is 1. The van der Waals surface area contributed by atoms with Crippen LogP contribution >= 0.6 is 12.4 Å². The summed E-state index contributed by atoms with van der Waals surface area (Å²) in [6.07, 6.45) is 8.28. The van der Waals surface area contributed by atoms with E-state index in [0.29, 0.717) is 12.0 Å². The highest BCUT2D eigenvalue weighted by Crippen LogP contribution is 2.40. The fourth-order valence-electron chi connectivity index (χ4n) is 3.47. The molecule has 2 aliphatic rings. The van der Waals surface area contributed by atoms with Gasteiger partial charge in [-0.1, -0.05) is 18.2 Å². The topological polar surface area (TPSA) is 21.3 Å². The van der Waals surface area contributed by atoms with Gasteiger partial charge in [-0.2, -0.15) is 0 Å². The Morgan fingerprint density at radius 3 is 2.81 bits per heavy atom. The number of aryl methyl sites for hydroxylation is 1. The average molecular weight is 308 g/mol. The maximum absolute atomic E-state index is 5.61. The van der Waals surface area contributed by atoms with Crippen LogP contribution in [0.3, 0.4) is 0 Å². The van der Waals surface area contributed by atoms with Crippen molar-refractivity contribution in [3.05, 3.63) is 42.0 Å². The first-order valence-electron chi connectivity index (χ1n) is 7.83. The van der Waals surface area contributed by atoms with E-state index in [4.69, 9.17) is 4.74 Å². The van der Waals surface area contributed by atoms with Crippen molar-refractivity contribution in [3.63, 3.8) is 0 Å². The summed E-state index contributed by atoms with van der Waals surface area (Å²) in [7, 11) is 1.78. The third-order valence-corrected chi connectivity index (χ3v) is 4.74. The second-order valence-electron chi connectivity index (χ2n) is 6.16. The largest absolute Gasteiger partial charge is 0.496 e. The molecular formula is C18H26ClNO. The second kappa shape index (κ2) is 7.33. The number of methoxy groups -OCH3 is 1. The van der Waals surface area contributed by atoms with Crippen LogP contribution in [0.1, 0.15) is 42.7 Å².